The van der Waals surface area contributed by atoms with Gasteiger partial charge >= 0.3 is 0 Å². The van der Waals surface area contributed by atoms with Gasteiger partial charge in [0.25, 0.3) is 0 Å². The van der Waals surface area contributed by atoms with Gasteiger partial charge in [-0.1, -0.05) is 54.1 Å². The van der Waals surface area contributed by atoms with Gasteiger partial charge in [0.1, 0.15) is 0 Å². The number of ether oxygens (including phenoxy) is 1. The second-order valence-electron chi connectivity index (χ2n) is 8.14. The third-order valence-corrected chi connectivity index (χ3v) is 6.34. The maximum Gasteiger partial charge on any atom is 0.225 e. The van der Waals surface area contributed by atoms with Crippen molar-refractivity contribution < 1.29 is 14.3 Å². The van der Waals surface area contributed by atoms with E-state index in [9.17, 15) is 9.59 Å². The highest BCUT2D eigenvalue weighted by atomic mass is 35.5. The van der Waals surface area contributed by atoms with Crippen molar-refractivity contribution in [2.75, 3.05) is 32.8 Å². The molecule has 2 aliphatic rings. The Morgan fingerprint density at radius 3 is 2.42 bits per heavy atom. The van der Waals surface area contributed by atoms with Crippen molar-refractivity contribution in [2.24, 2.45) is 5.92 Å². The van der Waals surface area contributed by atoms with Crippen LogP contribution in [0.15, 0.2) is 48.5 Å². The molecular weight excluding hydrogens is 414 g/mol. The molecule has 2 aromatic rings. The lowest BCUT2D eigenvalue weighted by molar-refractivity contribution is -0.129. The maximum absolute atomic E-state index is 12.8. The number of benzene rings is 2. The molecule has 0 bridgehead atoms. The number of rotatable bonds is 7. The summed E-state index contributed by atoms with van der Waals surface area (Å²) in [7, 11) is 0. The molecule has 164 valence electrons. The van der Waals surface area contributed by atoms with Gasteiger partial charge in [-0.3, -0.25) is 14.5 Å². The van der Waals surface area contributed by atoms with Gasteiger partial charge in [-0.2, -0.15) is 0 Å². The normalized spacial score (nSPS) is 19.6. The van der Waals surface area contributed by atoms with Crippen molar-refractivity contribution in [3.63, 3.8) is 0 Å². The van der Waals surface area contributed by atoms with E-state index in [1.54, 1.807) is 4.90 Å². The van der Waals surface area contributed by atoms with Crippen LogP contribution in [-0.4, -0.2) is 54.5 Å². The molecule has 4 rings (SSSR count). The summed E-state index contributed by atoms with van der Waals surface area (Å²) in [5.74, 6) is -0.412. The number of likely N-dealkylation sites (tertiary alicyclic amines) is 1. The quantitative estimate of drug-likeness (QED) is 0.717. The van der Waals surface area contributed by atoms with Crippen molar-refractivity contribution in [1.29, 1.82) is 0 Å². The zero-order valence-electron chi connectivity index (χ0n) is 17.6. The second-order valence-corrected chi connectivity index (χ2v) is 8.55. The summed E-state index contributed by atoms with van der Waals surface area (Å²) in [5, 5.41) is 3.69. The van der Waals surface area contributed by atoms with Crippen molar-refractivity contribution in [1.82, 2.24) is 15.1 Å². The predicted octanol–water partition coefficient (Wildman–Crippen LogP) is 2.84. The van der Waals surface area contributed by atoms with E-state index >= 15 is 0 Å². The zero-order valence-corrected chi connectivity index (χ0v) is 18.3. The van der Waals surface area contributed by atoms with Gasteiger partial charge in [-0.15, -0.1) is 0 Å². The van der Waals surface area contributed by atoms with E-state index in [2.05, 4.69) is 22.3 Å². The van der Waals surface area contributed by atoms with E-state index in [1.807, 2.05) is 36.4 Å². The van der Waals surface area contributed by atoms with Crippen LogP contribution in [0, 0.1) is 5.92 Å². The summed E-state index contributed by atoms with van der Waals surface area (Å²) in [5.41, 5.74) is 3.22. The van der Waals surface area contributed by atoms with Crippen molar-refractivity contribution in [3.05, 3.63) is 70.2 Å². The summed E-state index contributed by atoms with van der Waals surface area (Å²) >= 11 is 6.22. The first kappa shape index (κ1) is 21.8. The number of hydrogen-bond acceptors (Lipinski definition) is 4. The highest BCUT2D eigenvalue weighted by Gasteiger charge is 2.34. The smallest absolute Gasteiger partial charge is 0.225 e. The molecule has 0 spiro atoms. The minimum absolute atomic E-state index is 0.00668. The van der Waals surface area contributed by atoms with Crippen molar-refractivity contribution in [3.8, 4) is 0 Å². The average Bonchev–Trinajstić information content (AvgIpc) is 3.15. The first-order chi connectivity index (χ1) is 15.1. The number of carbonyl (C=O) groups is 2. The zero-order chi connectivity index (χ0) is 21.6. The summed E-state index contributed by atoms with van der Waals surface area (Å²) < 4.78 is 5.43. The minimum atomic E-state index is -0.332. The Kier molecular flexibility index (Phi) is 7.22. The Bertz CT molecular complexity index is 930. The molecule has 0 aromatic heterocycles. The Morgan fingerprint density at radius 1 is 1.00 bits per heavy atom. The molecule has 0 aliphatic carbocycles. The number of nitrogens with one attached hydrogen (secondary N) is 1. The summed E-state index contributed by atoms with van der Waals surface area (Å²) in [4.78, 5) is 29.3. The molecule has 2 aromatic carbocycles. The van der Waals surface area contributed by atoms with E-state index in [4.69, 9.17) is 16.3 Å². The van der Waals surface area contributed by atoms with Gasteiger partial charge < -0.3 is 15.0 Å². The van der Waals surface area contributed by atoms with Crippen LogP contribution in [0.3, 0.4) is 0 Å². The van der Waals surface area contributed by atoms with E-state index in [0.29, 0.717) is 24.7 Å². The monoisotopic (exact) mass is 441 g/mol. The van der Waals surface area contributed by atoms with Gasteiger partial charge in [0, 0.05) is 50.7 Å². The maximum atomic E-state index is 12.8. The van der Waals surface area contributed by atoms with Gasteiger partial charge in [0.15, 0.2) is 0 Å². The molecule has 2 saturated heterocycles. The second kappa shape index (κ2) is 10.3. The first-order valence-corrected chi connectivity index (χ1v) is 11.1. The number of nitrogens with zero attached hydrogens (tertiary/aromatic N) is 2. The van der Waals surface area contributed by atoms with Gasteiger partial charge in [0.2, 0.25) is 11.8 Å². The van der Waals surface area contributed by atoms with Gasteiger partial charge in [-0.05, 0) is 22.8 Å². The molecule has 1 atom stereocenters. The van der Waals surface area contributed by atoms with E-state index in [-0.39, 0.29) is 24.2 Å². The molecule has 0 saturated carbocycles. The topological polar surface area (TPSA) is 61.9 Å². The fraction of sp³-hybridized carbons (Fsp3) is 0.417. The standard InChI is InChI=1S/C24H28ClN3O3/c25-22-8-4-3-7-20(22)16-28-17-21(13-23(28)29)24(30)26-14-18-5-1-2-6-19(18)15-27-9-11-31-12-10-27/h1-8,21H,9-17H2,(H,26,30). The molecule has 31 heavy (non-hydrogen) atoms. The molecule has 1 N–H and O–H groups in total. The van der Waals surface area contributed by atoms with Crippen molar-refractivity contribution in [2.45, 2.75) is 26.1 Å². The van der Waals surface area contributed by atoms with Crippen molar-refractivity contribution >= 4 is 23.4 Å². The van der Waals surface area contributed by atoms with Crippen LogP contribution < -0.4 is 5.32 Å². The van der Waals surface area contributed by atoms with Crippen LogP contribution in [-0.2, 0) is 34.0 Å². The molecule has 2 heterocycles. The van der Waals surface area contributed by atoms with Crippen LogP contribution >= 0.6 is 11.6 Å². The highest BCUT2D eigenvalue weighted by molar-refractivity contribution is 6.31. The Labute approximate surface area is 188 Å². The molecule has 1 unspecified atom stereocenters. The fourth-order valence-electron chi connectivity index (χ4n) is 4.14. The van der Waals surface area contributed by atoms with E-state index in [0.717, 1.165) is 44.0 Å². The van der Waals surface area contributed by atoms with Gasteiger partial charge in [0.05, 0.1) is 19.1 Å². The van der Waals surface area contributed by atoms with Crippen LogP contribution in [0.1, 0.15) is 23.1 Å². The Hall–Kier alpha value is -2.41. The lowest BCUT2D eigenvalue weighted by atomic mass is 10.1. The van der Waals surface area contributed by atoms with E-state index in [1.165, 1.54) is 5.56 Å². The Balaban J connectivity index is 1.32. The summed E-state index contributed by atoms with van der Waals surface area (Å²) in [6.45, 7) is 5.55. The minimum Gasteiger partial charge on any atom is -0.379 e. The molecular formula is C24H28ClN3O3. The van der Waals surface area contributed by atoms with Crippen LogP contribution in [0.4, 0.5) is 0 Å². The summed E-state index contributed by atoms with van der Waals surface area (Å²) in [6.07, 6.45) is 0.242. The highest BCUT2D eigenvalue weighted by Crippen LogP contribution is 2.24. The lowest BCUT2D eigenvalue weighted by Gasteiger charge is -2.27. The lowest BCUT2D eigenvalue weighted by Crippen LogP contribution is -2.36. The molecule has 0 radical (unpaired) electrons. The molecule has 2 amide bonds. The number of morpholine rings is 1. The first-order valence-electron chi connectivity index (χ1n) is 10.8. The molecule has 7 heteroatoms. The largest absolute Gasteiger partial charge is 0.379 e. The third kappa shape index (κ3) is 5.64. The van der Waals surface area contributed by atoms with Crippen LogP contribution in [0.2, 0.25) is 5.02 Å². The average molecular weight is 442 g/mol. The SMILES string of the molecule is O=C(NCc1ccccc1CN1CCOCC1)C1CC(=O)N(Cc2ccccc2Cl)C1. The predicted molar refractivity (Wildman–Crippen MR) is 119 cm³/mol. The van der Waals surface area contributed by atoms with Crippen LogP contribution in [0.5, 0.6) is 0 Å². The number of carbonyl (C=O) groups excluding carboxylic acids is 2. The van der Waals surface area contributed by atoms with E-state index < -0.39 is 0 Å². The summed E-state index contributed by atoms with van der Waals surface area (Å²) in [6, 6.07) is 15.7. The molecule has 2 aliphatic heterocycles. The third-order valence-electron chi connectivity index (χ3n) is 5.97. The van der Waals surface area contributed by atoms with Gasteiger partial charge in [-0.25, -0.2) is 0 Å². The number of hydrogen-bond donors (Lipinski definition) is 1. The number of halogens is 1. The number of amides is 2. The fourth-order valence-corrected chi connectivity index (χ4v) is 4.34. The molecule has 6 nitrogen and oxygen atoms in total. The Morgan fingerprint density at radius 2 is 1.68 bits per heavy atom. The van der Waals surface area contributed by atoms with Crippen LogP contribution in [0.25, 0.3) is 0 Å². The molecule has 2 fully saturated rings.